The Morgan fingerprint density at radius 2 is 2.25 bits per heavy atom. The molecule has 1 aromatic rings. The Morgan fingerprint density at radius 1 is 1.42 bits per heavy atom. The van der Waals surface area contributed by atoms with Crippen molar-refractivity contribution in [3.63, 3.8) is 0 Å². The normalized spacial score (nSPS) is 19.8. The maximum absolute atomic E-state index is 4.78. The van der Waals surface area contributed by atoms with Crippen molar-refractivity contribution >= 4 is 41.3 Å². The summed E-state index contributed by atoms with van der Waals surface area (Å²) in [6.45, 7) is 13.1. The van der Waals surface area contributed by atoms with E-state index in [9.17, 15) is 0 Å². The molecule has 2 atom stereocenters. The predicted octanol–water partition coefficient (Wildman–Crippen LogP) is 3.44. The Balaban J connectivity index is 0.00000288. The Bertz CT molecular complexity index is 464. The van der Waals surface area contributed by atoms with Gasteiger partial charge in [0.05, 0.1) is 0 Å². The Hall–Kier alpha value is -0.340. The molecule has 1 saturated heterocycles. The van der Waals surface area contributed by atoms with Crippen LogP contribution in [0, 0.1) is 11.8 Å². The van der Waals surface area contributed by atoms with Gasteiger partial charge in [-0.1, -0.05) is 19.9 Å². The summed E-state index contributed by atoms with van der Waals surface area (Å²) in [5, 5.41) is 9.06. The number of hydrogen-bond acceptors (Lipinski definition) is 3. The van der Waals surface area contributed by atoms with E-state index in [4.69, 9.17) is 4.99 Å². The first-order chi connectivity index (χ1) is 11.2. The number of thiophene rings is 1. The van der Waals surface area contributed by atoms with E-state index in [1.165, 1.54) is 30.9 Å². The molecule has 4 nitrogen and oxygen atoms in total. The lowest BCUT2D eigenvalue weighted by Gasteiger charge is -2.17. The van der Waals surface area contributed by atoms with Gasteiger partial charge in [-0.3, -0.25) is 4.99 Å². The van der Waals surface area contributed by atoms with E-state index in [0.29, 0.717) is 5.92 Å². The van der Waals surface area contributed by atoms with E-state index in [1.54, 1.807) is 0 Å². The highest BCUT2D eigenvalue weighted by Gasteiger charge is 2.20. The quantitative estimate of drug-likeness (QED) is 0.352. The molecule has 0 saturated carbocycles. The summed E-state index contributed by atoms with van der Waals surface area (Å²) in [5.74, 6) is 2.30. The van der Waals surface area contributed by atoms with E-state index in [-0.39, 0.29) is 24.0 Å². The third-order valence-electron chi connectivity index (χ3n) is 4.41. The average Bonchev–Trinajstić information content (AvgIpc) is 3.21. The summed E-state index contributed by atoms with van der Waals surface area (Å²) >= 11 is 1.84. The van der Waals surface area contributed by atoms with Crippen LogP contribution in [0.25, 0.3) is 0 Å². The fraction of sp³-hybridized carbons (Fsp3) is 0.722. The van der Waals surface area contributed by atoms with Crippen molar-refractivity contribution in [2.75, 3.05) is 39.3 Å². The van der Waals surface area contributed by atoms with Gasteiger partial charge >= 0.3 is 0 Å². The topological polar surface area (TPSA) is 39.7 Å². The molecule has 0 aromatic carbocycles. The van der Waals surface area contributed by atoms with E-state index >= 15 is 0 Å². The molecule has 2 N–H and O–H groups in total. The molecule has 0 bridgehead atoms. The lowest BCUT2D eigenvalue weighted by molar-refractivity contribution is 0.341. The maximum atomic E-state index is 4.78. The van der Waals surface area contributed by atoms with Gasteiger partial charge in [0.25, 0.3) is 0 Å². The number of nitrogens with zero attached hydrogens (tertiary/aromatic N) is 2. The van der Waals surface area contributed by atoms with Crippen molar-refractivity contribution in [1.29, 1.82) is 0 Å². The van der Waals surface area contributed by atoms with Crippen LogP contribution < -0.4 is 10.6 Å². The van der Waals surface area contributed by atoms with Gasteiger partial charge in [-0.2, -0.15) is 0 Å². The van der Waals surface area contributed by atoms with Crippen LogP contribution in [0.2, 0.25) is 0 Å². The molecule has 24 heavy (non-hydrogen) atoms. The summed E-state index contributed by atoms with van der Waals surface area (Å²) < 4.78 is 0. The zero-order chi connectivity index (χ0) is 16.5. The molecule has 6 heteroatoms. The van der Waals surface area contributed by atoms with Gasteiger partial charge < -0.3 is 15.5 Å². The number of hydrogen-bond donors (Lipinski definition) is 2. The molecule has 0 amide bonds. The second-order valence-corrected chi connectivity index (χ2v) is 7.57. The largest absolute Gasteiger partial charge is 0.357 e. The van der Waals surface area contributed by atoms with Gasteiger partial charge in [-0.05, 0) is 56.1 Å². The summed E-state index contributed by atoms with van der Waals surface area (Å²) in [6, 6.07) is 4.34. The highest BCUT2D eigenvalue weighted by Crippen LogP contribution is 2.15. The summed E-state index contributed by atoms with van der Waals surface area (Å²) in [5.41, 5.74) is 0. The van der Waals surface area contributed by atoms with Crippen LogP contribution in [0.4, 0.5) is 0 Å². The molecule has 1 fully saturated rings. The molecule has 2 heterocycles. The van der Waals surface area contributed by atoms with Crippen LogP contribution >= 0.6 is 35.3 Å². The number of guanidine groups is 1. The van der Waals surface area contributed by atoms with Gasteiger partial charge in [-0.25, -0.2) is 0 Å². The molecule has 0 spiro atoms. The third-order valence-corrected chi connectivity index (χ3v) is 5.31. The molecule has 0 aliphatic carbocycles. The van der Waals surface area contributed by atoms with Gasteiger partial charge in [0.1, 0.15) is 0 Å². The molecule has 1 aromatic heterocycles. The zero-order valence-electron chi connectivity index (χ0n) is 15.3. The maximum Gasteiger partial charge on any atom is 0.191 e. The summed E-state index contributed by atoms with van der Waals surface area (Å²) in [7, 11) is 0. The molecule has 2 unspecified atom stereocenters. The summed E-state index contributed by atoms with van der Waals surface area (Å²) in [6.07, 6.45) is 2.42. The van der Waals surface area contributed by atoms with Crippen LogP contribution in [-0.4, -0.2) is 50.1 Å². The SMILES string of the molecule is CCNC(=NCC(C)Cc1cccs1)NCC1CCN(CC)C1.I. The Morgan fingerprint density at radius 3 is 2.88 bits per heavy atom. The minimum atomic E-state index is 0. The molecule has 138 valence electrons. The summed E-state index contributed by atoms with van der Waals surface area (Å²) in [4.78, 5) is 8.76. The van der Waals surface area contributed by atoms with Gasteiger partial charge in [0.2, 0.25) is 0 Å². The lowest BCUT2D eigenvalue weighted by Crippen LogP contribution is -2.40. The van der Waals surface area contributed by atoms with Crippen LogP contribution in [-0.2, 0) is 6.42 Å². The standard InChI is InChI=1S/C18H32N4S.HI/c1-4-19-18(21-13-16-8-9-22(5-2)14-16)20-12-15(3)11-17-7-6-10-23-17;/h6-7,10,15-16H,4-5,8-9,11-14H2,1-3H3,(H2,19,20,21);1H. The van der Waals surface area contributed by atoms with Crippen molar-refractivity contribution in [3.05, 3.63) is 22.4 Å². The number of halogens is 1. The predicted molar refractivity (Wildman–Crippen MR) is 117 cm³/mol. The minimum absolute atomic E-state index is 0. The second kappa shape index (κ2) is 12.1. The fourth-order valence-electron chi connectivity index (χ4n) is 3.03. The second-order valence-electron chi connectivity index (χ2n) is 6.54. The first-order valence-electron chi connectivity index (χ1n) is 8.98. The zero-order valence-corrected chi connectivity index (χ0v) is 18.4. The first kappa shape index (κ1) is 21.7. The van der Waals surface area contributed by atoms with Gasteiger partial charge in [0.15, 0.2) is 5.96 Å². The monoisotopic (exact) mass is 464 g/mol. The van der Waals surface area contributed by atoms with E-state index in [1.807, 2.05) is 11.3 Å². The third kappa shape index (κ3) is 7.70. The van der Waals surface area contributed by atoms with Crippen LogP contribution in [0.5, 0.6) is 0 Å². The Kier molecular flexibility index (Phi) is 10.9. The van der Waals surface area contributed by atoms with Crippen LogP contribution in [0.1, 0.15) is 32.1 Å². The fourth-order valence-corrected chi connectivity index (χ4v) is 3.90. The Labute approximate surface area is 168 Å². The van der Waals surface area contributed by atoms with Crippen LogP contribution in [0.15, 0.2) is 22.5 Å². The van der Waals surface area contributed by atoms with Crippen molar-refractivity contribution in [3.8, 4) is 0 Å². The highest BCUT2D eigenvalue weighted by atomic mass is 127. The first-order valence-corrected chi connectivity index (χ1v) is 9.86. The minimum Gasteiger partial charge on any atom is -0.357 e. The van der Waals surface area contributed by atoms with E-state index in [2.05, 4.69) is 53.8 Å². The van der Waals surface area contributed by atoms with Gasteiger partial charge in [-0.15, -0.1) is 35.3 Å². The molecule has 0 radical (unpaired) electrons. The van der Waals surface area contributed by atoms with Crippen LogP contribution in [0.3, 0.4) is 0 Å². The number of aliphatic imine (C=N–C) groups is 1. The molecular weight excluding hydrogens is 431 g/mol. The van der Waals surface area contributed by atoms with Gasteiger partial charge in [0, 0.05) is 31.1 Å². The van der Waals surface area contributed by atoms with Crippen molar-refractivity contribution < 1.29 is 0 Å². The number of likely N-dealkylation sites (tertiary alicyclic amines) is 1. The molecule has 1 aliphatic heterocycles. The van der Waals surface area contributed by atoms with Crippen molar-refractivity contribution in [1.82, 2.24) is 15.5 Å². The number of nitrogens with one attached hydrogen (secondary N) is 2. The number of rotatable bonds is 8. The average molecular weight is 464 g/mol. The molecule has 1 aliphatic rings. The smallest absolute Gasteiger partial charge is 0.191 e. The van der Waals surface area contributed by atoms with Crippen molar-refractivity contribution in [2.45, 2.75) is 33.6 Å². The molecule has 2 rings (SSSR count). The molecular formula is C18H33IN4S. The van der Waals surface area contributed by atoms with E-state index < -0.39 is 0 Å². The lowest BCUT2D eigenvalue weighted by atomic mass is 10.1. The van der Waals surface area contributed by atoms with Crippen molar-refractivity contribution in [2.24, 2.45) is 16.8 Å². The van der Waals surface area contributed by atoms with E-state index in [0.717, 1.165) is 37.9 Å². The highest BCUT2D eigenvalue weighted by molar-refractivity contribution is 14.0.